The molecule has 254 valence electrons. The molecule has 0 radical (unpaired) electrons. The van der Waals surface area contributed by atoms with Crippen LogP contribution < -0.4 is 9.50 Å². The van der Waals surface area contributed by atoms with Gasteiger partial charge in [-0.05, 0) is 84.7 Å². The Labute approximate surface area is 271 Å². The van der Waals surface area contributed by atoms with E-state index in [1.165, 1.54) is 13.2 Å². The highest BCUT2D eigenvalue weighted by Gasteiger charge is 2.51. The summed E-state index contributed by atoms with van der Waals surface area (Å²) in [6.07, 6.45) is 6.15. The summed E-state index contributed by atoms with van der Waals surface area (Å²) >= 11 is 0. The van der Waals surface area contributed by atoms with Gasteiger partial charge in [0.25, 0.3) is 0 Å². The van der Waals surface area contributed by atoms with E-state index in [2.05, 4.69) is 10.3 Å². The average molecular weight is 677 g/mol. The molecule has 1 spiro atoms. The first kappa shape index (κ1) is 33.1. The Balaban J connectivity index is 1.34. The van der Waals surface area contributed by atoms with Crippen molar-refractivity contribution < 1.29 is 40.1 Å². The van der Waals surface area contributed by atoms with Crippen LogP contribution in [-0.2, 0) is 31.5 Å². The van der Waals surface area contributed by atoms with E-state index in [1.807, 2.05) is 32.0 Å². The zero-order valence-corrected chi connectivity index (χ0v) is 27.4. The number of alkyl carbamates (subject to hydrolysis) is 1. The summed E-state index contributed by atoms with van der Waals surface area (Å²) < 4.78 is 73.5. The van der Waals surface area contributed by atoms with Crippen molar-refractivity contribution in [1.29, 1.82) is 0 Å². The maximum atomic E-state index is 13.7. The Morgan fingerprint density at radius 2 is 1.89 bits per heavy atom. The number of methoxy groups -OCH3 is 1. The number of aromatic amines is 1. The van der Waals surface area contributed by atoms with Gasteiger partial charge in [0.15, 0.2) is 0 Å². The van der Waals surface area contributed by atoms with Crippen LogP contribution in [0, 0.1) is 5.92 Å². The normalized spacial score (nSPS) is 20.4. The summed E-state index contributed by atoms with van der Waals surface area (Å²) in [5.74, 6) is 0.0742. The molecular formula is C33H39F3N4O6S. The number of likely N-dealkylation sites (tertiary alicyclic amines) is 1. The highest BCUT2D eigenvalue weighted by atomic mass is 32.2. The molecule has 1 saturated carbocycles. The van der Waals surface area contributed by atoms with Gasteiger partial charge in [0.1, 0.15) is 17.6 Å². The maximum absolute atomic E-state index is 13.7. The van der Waals surface area contributed by atoms with Crippen molar-refractivity contribution in [1.82, 2.24) is 20.2 Å². The second-order valence-electron chi connectivity index (χ2n) is 13.0. The standard InChI is InChI=1S/C33H39F3N4O6S/c1-4-19(2)28(39-31(42)45-3)30(41)40-17-7-8-25(40)29-37-23-11-9-20(18-24(23)38-29)21-10-12-26(46-47(43,44)33(34,35)36)27-22(21)13-16-32(27)14-5-6-15-32/h9-12,18-19,25,28H,4-8,13-17H2,1-3H3,(H,37,38)(H,39,42)/t19?,25-,28-/m0/s1. The molecule has 2 amide bonds. The molecule has 1 aliphatic heterocycles. The van der Waals surface area contributed by atoms with E-state index < -0.39 is 33.2 Å². The molecule has 1 saturated heterocycles. The van der Waals surface area contributed by atoms with Crippen molar-refractivity contribution in [3.05, 3.63) is 47.3 Å². The SMILES string of the molecule is CCC(C)[C@H](NC(=O)OC)C(=O)N1CCC[C@H]1c1nc2ccc(-c3ccc(OS(=O)(=O)C(F)(F)F)c4c3CCC43CCCC3)cc2[nH]1. The maximum Gasteiger partial charge on any atom is 0.534 e. The first-order chi connectivity index (χ1) is 22.3. The molecule has 3 atom stereocenters. The largest absolute Gasteiger partial charge is 0.534 e. The molecule has 3 aliphatic rings. The lowest BCUT2D eigenvalue weighted by molar-refractivity contribution is -0.135. The number of ether oxygens (including phenoxy) is 1. The zero-order valence-electron chi connectivity index (χ0n) is 26.6. The Morgan fingerprint density at radius 1 is 1.15 bits per heavy atom. The number of halogens is 3. The van der Waals surface area contributed by atoms with Gasteiger partial charge in [-0.15, -0.1) is 0 Å². The summed E-state index contributed by atoms with van der Waals surface area (Å²) in [5.41, 5.74) is -1.54. The molecule has 2 aliphatic carbocycles. The molecule has 6 rings (SSSR count). The Kier molecular flexibility index (Phi) is 8.69. The number of rotatable bonds is 8. The number of imidazole rings is 1. The lowest BCUT2D eigenvalue weighted by Gasteiger charge is -2.30. The number of hydrogen-bond acceptors (Lipinski definition) is 7. The summed E-state index contributed by atoms with van der Waals surface area (Å²) in [6.45, 7) is 4.38. The summed E-state index contributed by atoms with van der Waals surface area (Å²) in [4.78, 5) is 35.7. The molecule has 47 heavy (non-hydrogen) atoms. The highest BCUT2D eigenvalue weighted by Crippen LogP contribution is 2.56. The average Bonchev–Trinajstić information content (AvgIpc) is 3.85. The van der Waals surface area contributed by atoms with Crippen LogP contribution >= 0.6 is 0 Å². The fraction of sp³-hybridized carbons (Fsp3) is 0.545. The zero-order chi connectivity index (χ0) is 33.7. The quantitative estimate of drug-likeness (QED) is 0.202. The number of aromatic nitrogens is 2. The van der Waals surface area contributed by atoms with Crippen LogP contribution in [0.25, 0.3) is 22.2 Å². The smallest absolute Gasteiger partial charge is 0.453 e. The van der Waals surface area contributed by atoms with Crippen molar-refractivity contribution in [3.8, 4) is 16.9 Å². The Bertz CT molecular complexity index is 1800. The van der Waals surface area contributed by atoms with E-state index in [0.29, 0.717) is 49.1 Å². The number of benzene rings is 2. The van der Waals surface area contributed by atoms with Gasteiger partial charge in [-0.1, -0.05) is 45.2 Å². The van der Waals surface area contributed by atoms with Gasteiger partial charge in [-0.2, -0.15) is 21.6 Å². The molecular weight excluding hydrogens is 637 g/mol. The van der Waals surface area contributed by atoms with Crippen molar-refractivity contribution >= 4 is 33.2 Å². The molecule has 2 heterocycles. The van der Waals surface area contributed by atoms with Gasteiger partial charge < -0.3 is 24.1 Å². The van der Waals surface area contributed by atoms with Gasteiger partial charge in [0.05, 0.1) is 24.2 Å². The van der Waals surface area contributed by atoms with Crippen LogP contribution in [0.2, 0.25) is 0 Å². The van der Waals surface area contributed by atoms with Crippen LogP contribution in [0.5, 0.6) is 5.75 Å². The summed E-state index contributed by atoms with van der Waals surface area (Å²) in [7, 11) is -4.57. The van der Waals surface area contributed by atoms with Gasteiger partial charge in [0, 0.05) is 12.1 Å². The molecule has 2 aromatic carbocycles. The number of nitrogens with zero attached hydrogens (tertiary/aromatic N) is 2. The van der Waals surface area contributed by atoms with Crippen molar-refractivity contribution in [2.45, 2.75) is 94.6 Å². The fourth-order valence-electron chi connectivity index (χ4n) is 7.73. The third-order valence-corrected chi connectivity index (χ3v) is 11.3. The molecule has 1 unspecified atom stereocenters. The first-order valence-electron chi connectivity index (χ1n) is 16.1. The second kappa shape index (κ2) is 12.3. The molecule has 0 bridgehead atoms. The number of fused-ring (bicyclic) bond motifs is 3. The topological polar surface area (TPSA) is 131 Å². The summed E-state index contributed by atoms with van der Waals surface area (Å²) in [5, 5.41) is 2.70. The minimum absolute atomic E-state index is 0.114. The lowest BCUT2D eigenvalue weighted by Crippen LogP contribution is -2.51. The molecule has 10 nitrogen and oxygen atoms in total. The molecule has 1 aromatic heterocycles. The van der Waals surface area contributed by atoms with Crippen LogP contribution in [0.15, 0.2) is 30.3 Å². The second-order valence-corrected chi connectivity index (χ2v) is 14.5. The third-order valence-electron chi connectivity index (χ3n) is 10.3. The minimum Gasteiger partial charge on any atom is -0.453 e. The number of nitrogens with one attached hydrogen (secondary N) is 2. The van der Waals surface area contributed by atoms with Crippen molar-refractivity contribution in [3.63, 3.8) is 0 Å². The van der Waals surface area contributed by atoms with Crippen molar-refractivity contribution in [2.75, 3.05) is 13.7 Å². The Morgan fingerprint density at radius 3 is 2.57 bits per heavy atom. The number of alkyl halides is 3. The van der Waals surface area contributed by atoms with Crippen LogP contribution in [-0.4, -0.2) is 60.5 Å². The first-order valence-corrected chi connectivity index (χ1v) is 17.5. The monoisotopic (exact) mass is 676 g/mol. The van der Waals surface area contributed by atoms with Gasteiger partial charge >= 0.3 is 21.7 Å². The number of carbonyl (C=O) groups is 2. The number of carbonyl (C=O) groups excluding carboxylic acids is 2. The van der Waals surface area contributed by atoms with Gasteiger partial charge in [-0.25, -0.2) is 9.78 Å². The predicted molar refractivity (Wildman–Crippen MR) is 168 cm³/mol. The van der Waals surface area contributed by atoms with E-state index in [0.717, 1.165) is 54.3 Å². The van der Waals surface area contributed by atoms with E-state index >= 15 is 0 Å². The van der Waals surface area contributed by atoms with E-state index in [9.17, 15) is 31.2 Å². The number of hydrogen-bond donors (Lipinski definition) is 2. The van der Waals surface area contributed by atoms with Crippen LogP contribution in [0.4, 0.5) is 18.0 Å². The molecule has 14 heteroatoms. The van der Waals surface area contributed by atoms with Crippen molar-refractivity contribution in [2.24, 2.45) is 5.92 Å². The minimum atomic E-state index is -5.83. The third kappa shape index (κ3) is 5.93. The number of amides is 2. The van der Waals surface area contributed by atoms with E-state index in [1.54, 1.807) is 11.0 Å². The summed E-state index contributed by atoms with van der Waals surface area (Å²) in [6, 6.07) is 7.60. The van der Waals surface area contributed by atoms with Crippen LogP contribution in [0.1, 0.15) is 88.2 Å². The Hall–Kier alpha value is -3.81. The molecule has 2 N–H and O–H groups in total. The fourth-order valence-corrected chi connectivity index (χ4v) is 8.20. The van der Waals surface area contributed by atoms with E-state index in [-0.39, 0.29) is 23.6 Å². The lowest BCUT2D eigenvalue weighted by atomic mass is 9.79. The van der Waals surface area contributed by atoms with Crippen LogP contribution in [0.3, 0.4) is 0 Å². The molecule has 2 fully saturated rings. The predicted octanol–water partition coefficient (Wildman–Crippen LogP) is 6.65. The number of H-pyrrole nitrogens is 1. The molecule has 3 aromatic rings. The highest BCUT2D eigenvalue weighted by molar-refractivity contribution is 7.88. The van der Waals surface area contributed by atoms with Gasteiger partial charge in [0.2, 0.25) is 5.91 Å². The van der Waals surface area contributed by atoms with Gasteiger partial charge in [-0.3, -0.25) is 4.79 Å². The van der Waals surface area contributed by atoms with E-state index in [4.69, 9.17) is 13.9 Å².